The Labute approximate surface area is 132 Å². The van der Waals surface area contributed by atoms with E-state index in [2.05, 4.69) is 24.7 Å². The van der Waals surface area contributed by atoms with Crippen LogP contribution in [0.15, 0.2) is 21.6 Å². The highest BCUT2D eigenvalue weighted by atomic mass is 16.6. The molecule has 2 N–H and O–H groups in total. The third-order valence-corrected chi connectivity index (χ3v) is 2.37. The van der Waals surface area contributed by atoms with E-state index < -0.39 is 17.7 Å². The number of rotatable bonds is 2. The lowest BCUT2D eigenvalue weighted by Gasteiger charge is -2.19. The van der Waals surface area contributed by atoms with Gasteiger partial charge in [-0.1, -0.05) is 10.3 Å². The summed E-state index contributed by atoms with van der Waals surface area (Å²) < 4.78 is 14.1. The molecular weight excluding hydrogens is 306 g/mol. The van der Waals surface area contributed by atoms with E-state index in [0.717, 1.165) is 6.26 Å². The number of nitrogens with one attached hydrogen (secondary N) is 1. The maximum atomic E-state index is 11.3. The zero-order valence-electron chi connectivity index (χ0n) is 13.5. The van der Waals surface area contributed by atoms with Crippen LogP contribution >= 0.6 is 0 Å². The number of aromatic carboxylic acids is 1. The Morgan fingerprint density at radius 3 is 2.04 bits per heavy atom. The van der Waals surface area contributed by atoms with Crippen molar-refractivity contribution in [2.24, 2.45) is 0 Å². The number of nitrogens with zero attached hydrogens (tertiary/aromatic N) is 2. The van der Waals surface area contributed by atoms with Crippen LogP contribution in [0.2, 0.25) is 0 Å². The number of carbonyl (C=O) groups excluding carboxylic acids is 1. The molecule has 2 rings (SSSR count). The summed E-state index contributed by atoms with van der Waals surface area (Å²) in [6.07, 6.45) is 1.96. The van der Waals surface area contributed by atoms with Gasteiger partial charge in [0.15, 0.2) is 0 Å². The van der Waals surface area contributed by atoms with E-state index in [1.54, 1.807) is 34.6 Å². The minimum Gasteiger partial charge on any atom is -0.478 e. The summed E-state index contributed by atoms with van der Waals surface area (Å²) in [7, 11) is 0. The number of aromatic nitrogens is 2. The number of carboxylic acid groups (broad SMARTS) is 1. The number of carboxylic acids is 1. The third-order valence-electron chi connectivity index (χ3n) is 2.37. The van der Waals surface area contributed by atoms with Crippen molar-refractivity contribution < 1.29 is 28.5 Å². The fraction of sp³-hybridized carbons (Fsp3) is 0.429. The molecule has 2 heterocycles. The Balaban J connectivity index is 0.000000253. The van der Waals surface area contributed by atoms with Crippen LogP contribution in [0.3, 0.4) is 0 Å². The van der Waals surface area contributed by atoms with Crippen LogP contribution in [0.4, 0.5) is 10.5 Å². The molecule has 2 aromatic rings. The molecule has 0 aliphatic rings. The predicted octanol–water partition coefficient (Wildman–Crippen LogP) is 3.01. The first-order valence-electron chi connectivity index (χ1n) is 6.65. The Hall–Kier alpha value is -2.84. The van der Waals surface area contributed by atoms with E-state index in [1.165, 1.54) is 6.26 Å². The minimum absolute atomic E-state index is 0.120. The fourth-order valence-electron chi connectivity index (χ4n) is 1.32. The lowest BCUT2D eigenvalue weighted by atomic mass is 10.2. The normalized spacial score (nSPS) is 10.5. The standard InChI is InChI=1S/C9H14N2O3.C5H5NO3/c1-6-7(5-13-11-6)10-8(12)14-9(2,3)4;1-3-4(5(7)8)2-9-6-3/h5H,1-4H3,(H,10,12);2H,1H3,(H,7,8). The van der Waals surface area contributed by atoms with E-state index in [0.29, 0.717) is 17.1 Å². The van der Waals surface area contributed by atoms with Gasteiger partial charge in [-0.3, -0.25) is 5.32 Å². The number of ether oxygens (including phenoxy) is 1. The van der Waals surface area contributed by atoms with Crippen molar-refractivity contribution in [3.05, 3.63) is 29.5 Å². The van der Waals surface area contributed by atoms with E-state index >= 15 is 0 Å². The molecule has 0 unspecified atom stereocenters. The zero-order chi connectivity index (χ0) is 17.6. The highest BCUT2D eigenvalue weighted by Crippen LogP contribution is 2.14. The first-order chi connectivity index (χ1) is 10.6. The van der Waals surface area contributed by atoms with Gasteiger partial charge in [-0.15, -0.1) is 0 Å². The van der Waals surface area contributed by atoms with Gasteiger partial charge in [0.25, 0.3) is 0 Å². The smallest absolute Gasteiger partial charge is 0.412 e. The van der Waals surface area contributed by atoms with Crippen molar-refractivity contribution >= 4 is 17.7 Å². The summed E-state index contributed by atoms with van der Waals surface area (Å²) in [6.45, 7) is 8.70. The molecule has 0 aliphatic carbocycles. The van der Waals surface area contributed by atoms with Crippen LogP contribution in [-0.4, -0.2) is 33.1 Å². The summed E-state index contributed by atoms with van der Waals surface area (Å²) in [5, 5.41) is 17.9. The molecule has 0 aromatic carbocycles. The van der Waals surface area contributed by atoms with E-state index in [-0.39, 0.29) is 5.56 Å². The summed E-state index contributed by atoms with van der Waals surface area (Å²) >= 11 is 0. The average Bonchev–Trinajstić information content (AvgIpc) is 2.97. The van der Waals surface area contributed by atoms with Crippen LogP contribution in [0.1, 0.15) is 42.5 Å². The first-order valence-corrected chi connectivity index (χ1v) is 6.65. The summed E-state index contributed by atoms with van der Waals surface area (Å²) in [4.78, 5) is 21.5. The van der Waals surface area contributed by atoms with E-state index in [1.807, 2.05) is 0 Å². The van der Waals surface area contributed by atoms with Crippen LogP contribution < -0.4 is 5.32 Å². The van der Waals surface area contributed by atoms with Gasteiger partial charge >= 0.3 is 12.1 Å². The lowest BCUT2D eigenvalue weighted by molar-refractivity contribution is 0.0633. The Morgan fingerprint density at radius 2 is 1.70 bits per heavy atom. The number of carbonyl (C=O) groups is 2. The molecule has 23 heavy (non-hydrogen) atoms. The second-order valence-electron chi connectivity index (χ2n) is 5.56. The van der Waals surface area contributed by atoms with Gasteiger partial charge in [-0.25, -0.2) is 9.59 Å². The van der Waals surface area contributed by atoms with Crippen LogP contribution in [0.25, 0.3) is 0 Å². The molecular formula is C14H19N3O6. The Morgan fingerprint density at radius 1 is 1.13 bits per heavy atom. The van der Waals surface area contributed by atoms with Gasteiger partial charge in [0.05, 0.1) is 5.69 Å². The van der Waals surface area contributed by atoms with Crippen LogP contribution in [0, 0.1) is 13.8 Å². The fourth-order valence-corrected chi connectivity index (χ4v) is 1.32. The summed E-state index contributed by atoms with van der Waals surface area (Å²) in [6, 6.07) is 0. The number of hydrogen-bond acceptors (Lipinski definition) is 7. The maximum absolute atomic E-state index is 11.3. The SMILES string of the molecule is Cc1nocc1C(=O)O.Cc1nocc1NC(=O)OC(C)(C)C. The molecule has 0 radical (unpaired) electrons. The van der Waals surface area contributed by atoms with Crippen LogP contribution in [-0.2, 0) is 4.74 Å². The summed E-state index contributed by atoms with van der Waals surface area (Å²) in [5.74, 6) is -1.01. The molecule has 1 amide bonds. The van der Waals surface area contributed by atoms with E-state index in [9.17, 15) is 9.59 Å². The maximum Gasteiger partial charge on any atom is 0.412 e. The Kier molecular flexibility index (Phi) is 5.88. The molecule has 0 spiro atoms. The highest BCUT2D eigenvalue weighted by molar-refractivity contribution is 5.88. The largest absolute Gasteiger partial charge is 0.478 e. The second-order valence-corrected chi connectivity index (χ2v) is 5.56. The van der Waals surface area contributed by atoms with Gasteiger partial charge in [0.2, 0.25) is 0 Å². The molecule has 0 aliphatic heterocycles. The van der Waals surface area contributed by atoms with Crippen molar-refractivity contribution in [2.75, 3.05) is 5.32 Å². The van der Waals surface area contributed by atoms with Crippen molar-refractivity contribution in [3.63, 3.8) is 0 Å². The molecule has 9 heteroatoms. The number of aryl methyl sites for hydroxylation is 2. The third kappa shape index (κ3) is 6.20. The molecule has 0 saturated carbocycles. The molecule has 126 valence electrons. The molecule has 2 aromatic heterocycles. The lowest BCUT2D eigenvalue weighted by Crippen LogP contribution is -2.27. The van der Waals surface area contributed by atoms with Crippen LogP contribution in [0.5, 0.6) is 0 Å². The highest BCUT2D eigenvalue weighted by Gasteiger charge is 2.17. The van der Waals surface area contributed by atoms with Crippen molar-refractivity contribution in [3.8, 4) is 0 Å². The number of anilines is 1. The van der Waals surface area contributed by atoms with E-state index in [4.69, 9.17) is 9.84 Å². The van der Waals surface area contributed by atoms with Gasteiger partial charge in [-0.05, 0) is 34.6 Å². The first kappa shape index (κ1) is 18.2. The predicted molar refractivity (Wildman–Crippen MR) is 79.3 cm³/mol. The number of amides is 1. The molecule has 0 bridgehead atoms. The summed E-state index contributed by atoms with van der Waals surface area (Å²) in [5.41, 5.74) is 1.17. The monoisotopic (exact) mass is 325 g/mol. The average molecular weight is 325 g/mol. The topological polar surface area (TPSA) is 128 Å². The van der Waals surface area contributed by atoms with Crippen molar-refractivity contribution in [1.29, 1.82) is 0 Å². The minimum atomic E-state index is -1.01. The molecule has 0 atom stereocenters. The molecule has 0 fully saturated rings. The number of hydrogen-bond donors (Lipinski definition) is 2. The molecule has 0 saturated heterocycles. The van der Waals surface area contributed by atoms with Gasteiger partial charge in [-0.2, -0.15) is 0 Å². The second kappa shape index (κ2) is 7.43. The van der Waals surface area contributed by atoms with Crippen molar-refractivity contribution in [2.45, 2.75) is 40.2 Å². The van der Waals surface area contributed by atoms with Gasteiger partial charge < -0.3 is 18.9 Å². The zero-order valence-corrected chi connectivity index (χ0v) is 13.5. The Bertz CT molecular complexity index is 668. The quantitative estimate of drug-likeness (QED) is 0.862. The van der Waals surface area contributed by atoms with Crippen molar-refractivity contribution in [1.82, 2.24) is 10.3 Å². The van der Waals surface area contributed by atoms with Gasteiger partial charge in [0.1, 0.15) is 35.1 Å². The van der Waals surface area contributed by atoms with Gasteiger partial charge in [0, 0.05) is 0 Å². The molecule has 9 nitrogen and oxygen atoms in total.